The molecule has 1 amide bonds. The average Bonchev–Trinajstić information content (AvgIpc) is 3.95. The number of benzene rings is 4. The Morgan fingerprint density at radius 1 is 1.05 bits per heavy atom. The van der Waals surface area contributed by atoms with Gasteiger partial charge in [0.1, 0.15) is 16.1 Å². The van der Waals surface area contributed by atoms with Crippen LogP contribution < -0.4 is 19.7 Å². The number of nitrogens with one attached hydrogen (secondary N) is 3. The monoisotopic (exact) mass is 853 g/mol. The van der Waals surface area contributed by atoms with E-state index in [9.17, 15) is 23.3 Å². The maximum atomic E-state index is 14.6. The molecule has 0 spiro atoms. The van der Waals surface area contributed by atoms with E-state index in [1.54, 1.807) is 41.3 Å². The second-order valence-corrected chi connectivity index (χ2v) is 18.6. The molecule has 1 aliphatic carbocycles. The van der Waals surface area contributed by atoms with Crippen LogP contribution in [0.15, 0.2) is 95.7 Å². The SMILES string of the molecule is CC1(C)CCC(CN2CCN(c3c(S(=O)(=O)NC(=O)c4ccccc4)cc(Oc4cccc5[nH]cnc45)c(NCC4CCOC4)c3[N+](=O)[O-])CC2)=C(c2ccc(Cl)cc2)C1. The van der Waals surface area contributed by atoms with Gasteiger partial charge >= 0.3 is 5.69 Å². The van der Waals surface area contributed by atoms with Crippen LogP contribution in [0.5, 0.6) is 11.5 Å². The number of nitro groups is 1. The molecule has 16 heteroatoms. The lowest BCUT2D eigenvalue weighted by molar-refractivity contribution is -0.383. The van der Waals surface area contributed by atoms with E-state index in [0.717, 1.165) is 31.2 Å². The fraction of sp³-hybridized carbons (Fsp3) is 0.364. The average molecular weight is 854 g/mol. The number of amides is 1. The van der Waals surface area contributed by atoms with Crippen LogP contribution in [0.1, 0.15) is 55.5 Å². The maximum absolute atomic E-state index is 14.6. The third kappa shape index (κ3) is 8.99. The summed E-state index contributed by atoms with van der Waals surface area (Å²) in [4.78, 5) is 37.4. The van der Waals surface area contributed by atoms with E-state index in [1.807, 2.05) is 12.1 Å². The summed E-state index contributed by atoms with van der Waals surface area (Å²) < 4.78 is 43.3. The van der Waals surface area contributed by atoms with E-state index in [-0.39, 0.29) is 52.9 Å². The zero-order chi connectivity index (χ0) is 42.0. The van der Waals surface area contributed by atoms with Crippen molar-refractivity contribution < 1.29 is 27.6 Å². The molecule has 3 heterocycles. The lowest BCUT2D eigenvalue weighted by atomic mass is 9.72. The molecule has 3 N–H and O–H groups in total. The predicted octanol–water partition coefficient (Wildman–Crippen LogP) is 8.27. The third-order valence-corrected chi connectivity index (χ3v) is 13.2. The van der Waals surface area contributed by atoms with E-state index < -0.39 is 31.4 Å². The number of aromatic amines is 1. The molecule has 0 saturated carbocycles. The van der Waals surface area contributed by atoms with E-state index in [1.165, 1.54) is 35.7 Å². The number of H-pyrrole nitrogens is 1. The van der Waals surface area contributed by atoms with Crippen molar-refractivity contribution in [3.05, 3.63) is 117 Å². The minimum Gasteiger partial charge on any atom is -0.453 e. The van der Waals surface area contributed by atoms with Gasteiger partial charge in [0.05, 0.1) is 23.4 Å². The molecule has 314 valence electrons. The first kappa shape index (κ1) is 41.3. The summed E-state index contributed by atoms with van der Waals surface area (Å²) in [7, 11) is -4.75. The standard InChI is InChI=1S/C44H48ClN7O7S/c1-44(2)17-15-32(34(24-44)30-11-13-33(45)14-12-30)26-50-18-20-51(21-19-50)41-38(60(56,57)49-43(53)31-7-4-3-5-8-31)23-37(59-36-10-6-9-35-39(36)48-28-47-35)40(42(41)52(54)55)46-25-29-16-22-58-27-29/h3-14,23,28-29,46H,15-22,24-27H2,1-2H3,(H,47,48)(H,49,53). The fourth-order valence-corrected chi connectivity index (χ4v) is 9.71. The molecule has 0 radical (unpaired) electrons. The molecule has 4 aromatic carbocycles. The number of hydrogen-bond donors (Lipinski definition) is 3. The van der Waals surface area contributed by atoms with Crippen molar-refractivity contribution in [2.45, 2.75) is 44.4 Å². The summed E-state index contributed by atoms with van der Waals surface area (Å²) in [5.74, 6) is -0.661. The molecule has 5 aromatic rings. The first-order chi connectivity index (χ1) is 28.8. The quantitative estimate of drug-likeness (QED) is 0.0769. The van der Waals surface area contributed by atoms with Crippen molar-refractivity contribution in [3.63, 3.8) is 0 Å². The molecule has 2 aliphatic heterocycles. The molecular weight excluding hydrogens is 806 g/mol. The van der Waals surface area contributed by atoms with Gasteiger partial charge < -0.3 is 24.7 Å². The van der Waals surface area contributed by atoms with Crippen LogP contribution in [0.25, 0.3) is 16.6 Å². The largest absolute Gasteiger partial charge is 0.453 e. The van der Waals surface area contributed by atoms with Gasteiger partial charge in [0, 0.05) is 68.4 Å². The highest BCUT2D eigenvalue weighted by Gasteiger charge is 2.39. The van der Waals surface area contributed by atoms with Crippen molar-refractivity contribution >= 4 is 61.2 Å². The van der Waals surface area contributed by atoms with E-state index in [4.69, 9.17) is 21.1 Å². The number of nitrogens with zero attached hydrogens (tertiary/aromatic N) is 4. The van der Waals surface area contributed by atoms with Gasteiger partial charge in [0.2, 0.25) is 0 Å². The Morgan fingerprint density at radius 2 is 1.82 bits per heavy atom. The van der Waals surface area contributed by atoms with Crippen molar-refractivity contribution in [2.24, 2.45) is 11.3 Å². The number of fused-ring (bicyclic) bond motifs is 1. The number of sulfonamides is 1. The number of halogens is 1. The molecule has 14 nitrogen and oxygen atoms in total. The molecule has 1 atom stereocenters. The summed E-state index contributed by atoms with van der Waals surface area (Å²) in [6, 6.07) is 22.4. The van der Waals surface area contributed by atoms with E-state index >= 15 is 0 Å². The Hall–Kier alpha value is -5.48. The molecular formula is C44H48ClN7O7S. The summed E-state index contributed by atoms with van der Waals surface area (Å²) in [6.07, 6.45) is 5.17. The van der Waals surface area contributed by atoms with E-state index in [2.05, 4.69) is 50.9 Å². The van der Waals surface area contributed by atoms with Gasteiger partial charge in [-0.15, -0.1) is 0 Å². The number of hydrogen-bond acceptors (Lipinski definition) is 11. The molecule has 2 saturated heterocycles. The minimum absolute atomic E-state index is 0.0211. The minimum atomic E-state index is -4.75. The van der Waals surface area contributed by atoms with Crippen LogP contribution in [0.3, 0.4) is 0 Å². The number of carbonyl (C=O) groups is 1. The highest BCUT2D eigenvalue weighted by atomic mass is 35.5. The van der Waals surface area contributed by atoms with Crippen LogP contribution in [0.4, 0.5) is 17.1 Å². The first-order valence-corrected chi connectivity index (χ1v) is 22.0. The van der Waals surface area contributed by atoms with Gasteiger partial charge in [-0.3, -0.25) is 19.8 Å². The number of carbonyl (C=O) groups excluding carboxylic acids is 1. The fourth-order valence-electron chi connectivity index (χ4n) is 8.37. The molecule has 60 heavy (non-hydrogen) atoms. The maximum Gasteiger partial charge on any atom is 0.320 e. The zero-order valence-electron chi connectivity index (χ0n) is 33.6. The van der Waals surface area contributed by atoms with Gasteiger partial charge in [-0.2, -0.15) is 0 Å². The van der Waals surface area contributed by atoms with Gasteiger partial charge in [0.25, 0.3) is 15.9 Å². The number of allylic oxidation sites excluding steroid dienone is 1. The highest BCUT2D eigenvalue weighted by molar-refractivity contribution is 7.90. The second kappa shape index (κ2) is 17.2. The number of nitro benzene ring substituents is 1. The van der Waals surface area contributed by atoms with Crippen LogP contribution in [0.2, 0.25) is 5.02 Å². The summed E-state index contributed by atoms with van der Waals surface area (Å²) >= 11 is 6.26. The van der Waals surface area contributed by atoms with Gasteiger partial charge in [-0.1, -0.05) is 67.4 Å². The van der Waals surface area contributed by atoms with Gasteiger partial charge in [-0.05, 0) is 78.6 Å². The topological polar surface area (TPSA) is 172 Å². The Labute approximate surface area is 354 Å². The number of para-hydroxylation sites is 1. The van der Waals surface area contributed by atoms with Crippen molar-refractivity contribution in [3.8, 4) is 11.5 Å². The number of imidazole rings is 1. The molecule has 2 fully saturated rings. The summed E-state index contributed by atoms with van der Waals surface area (Å²) in [6.45, 7) is 8.24. The van der Waals surface area contributed by atoms with Crippen LogP contribution >= 0.6 is 11.6 Å². The molecule has 0 bridgehead atoms. The number of anilines is 2. The summed E-state index contributed by atoms with van der Waals surface area (Å²) in [5.41, 5.74) is 4.61. The van der Waals surface area contributed by atoms with Crippen LogP contribution in [0, 0.1) is 21.4 Å². The predicted molar refractivity (Wildman–Crippen MR) is 232 cm³/mol. The lowest BCUT2D eigenvalue weighted by Crippen LogP contribution is -2.48. The van der Waals surface area contributed by atoms with Crippen molar-refractivity contribution in [2.75, 3.05) is 62.7 Å². The second-order valence-electron chi connectivity index (χ2n) is 16.5. The molecule has 3 aliphatic rings. The molecule has 8 rings (SSSR count). The smallest absolute Gasteiger partial charge is 0.320 e. The Bertz CT molecular complexity index is 2530. The van der Waals surface area contributed by atoms with Crippen molar-refractivity contribution in [1.29, 1.82) is 0 Å². The molecule has 1 unspecified atom stereocenters. The highest BCUT2D eigenvalue weighted by Crippen LogP contribution is 2.49. The van der Waals surface area contributed by atoms with Crippen molar-refractivity contribution in [1.82, 2.24) is 19.6 Å². The first-order valence-electron chi connectivity index (χ1n) is 20.2. The summed E-state index contributed by atoms with van der Waals surface area (Å²) in [5, 5.41) is 17.4. The van der Waals surface area contributed by atoms with Crippen LogP contribution in [-0.4, -0.2) is 86.6 Å². The Balaban J connectivity index is 1.19. The van der Waals surface area contributed by atoms with Gasteiger partial charge in [-0.25, -0.2) is 18.1 Å². The van der Waals surface area contributed by atoms with E-state index in [0.29, 0.717) is 55.4 Å². The Morgan fingerprint density at radius 3 is 2.53 bits per heavy atom. The van der Waals surface area contributed by atoms with Gasteiger partial charge in [0.15, 0.2) is 17.2 Å². The number of ether oxygens (including phenoxy) is 2. The normalized spacial score (nSPS) is 18.4. The number of aromatic nitrogens is 2. The molecule has 1 aromatic heterocycles. The zero-order valence-corrected chi connectivity index (χ0v) is 35.2. The van der Waals surface area contributed by atoms with Crippen LogP contribution in [-0.2, 0) is 14.8 Å². The number of piperazine rings is 1. The third-order valence-electron chi connectivity index (χ3n) is 11.6. The number of rotatable bonds is 13. The lowest BCUT2D eigenvalue weighted by Gasteiger charge is -2.39. The Kier molecular flexibility index (Phi) is 11.9.